The maximum absolute atomic E-state index is 4.48. The topological polar surface area (TPSA) is 42.7 Å². The summed E-state index contributed by atoms with van der Waals surface area (Å²) in [6, 6.07) is 0. The van der Waals surface area contributed by atoms with Crippen LogP contribution in [0, 0.1) is 13.8 Å². The fraction of sp³-hybridized carbons (Fsp3) is 0.500. The first kappa shape index (κ1) is 13.7. The van der Waals surface area contributed by atoms with E-state index in [1.54, 1.807) is 11.3 Å². The Morgan fingerprint density at radius 2 is 2.17 bits per heavy atom. The Bertz CT molecular complexity index is 532. The molecule has 0 saturated heterocycles. The third-order valence-electron chi connectivity index (χ3n) is 2.69. The summed E-state index contributed by atoms with van der Waals surface area (Å²) in [5.41, 5.74) is 3.33. The zero-order valence-electron chi connectivity index (χ0n) is 10.8. The lowest BCUT2D eigenvalue weighted by Crippen LogP contribution is -2.16. The van der Waals surface area contributed by atoms with Gasteiger partial charge in [-0.15, -0.1) is 11.3 Å². The smallest absolute Gasteiger partial charge is 0.107 e. The molecule has 98 valence electrons. The van der Waals surface area contributed by atoms with E-state index >= 15 is 0 Å². The van der Waals surface area contributed by atoms with Crippen molar-refractivity contribution in [3.63, 3.8) is 0 Å². The molecular weight excluding hydrogens is 312 g/mol. The second-order valence-electron chi connectivity index (χ2n) is 4.15. The van der Waals surface area contributed by atoms with Crippen molar-refractivity contribution in [1.82, 2.24) is 20.1 Å². The zero-order valence-corrected chi connectivity index (χ0v) is 13.2. The number of aryl methyl sites for hydroxylation is 3. The number of aromatic nitrogens is 3. The molecule has 0 saturated carbocycles. The molecular formula is C12H17BrN4S. The second-order valence-corrected chi connectivity index (χ2v) is 5.88. The van der Waals surface area contributed by atoms with Crippen LogP contribution in [0.4, 0.5) is 0 Å². The van der Waals surface area contributed by atoms with Crippen molar-refractivity contribution in [3.8, 4) is 0 Å². The van der Waals surface area contributed by atoms with E-state index < -0.39 is 0 Å². The summed E-state index contributed by atoms with van der Waals surface area (Å²) in [6.07, 6.45) is 0. The summed E-state index contributed by atoms with van der Waals surface area (Å²) in [4.78, 5) is 4.43. The molecule has 0 aliphatic carbocycles. The molecule has 0 fully saturated rings. The number of hydrogen-bond donors (Lipinski definition) is 1. The van der Waals surface area contributed by atoms with Gasteiger partial charge in [-0.2, -0.15) is 5.10 Å². The van der Waals surface area contributed by atoms with E-state index in [9.17, 15) is 0 Å². The molecule has 2 rings (SSSR count). The van der Waals surface area contributed by atoms with Crippen molar-refractivity contribution in [3.05, 3.63) is 31.9 Å². The first-order valence-electron chi connectivity index (χ1n) is 5.95. The molecule has 0 atom stereocenters. The minimum absolute atomic E-state index is 0.799. The number of nitrogens with zero attached hydrogens (tertiary/aromatic N) is 3. The predicted octanol–water partition coefficient (Wildman–Crippen LogP) is 3.03. The molecule has 2 aromatic rings. The van der Waals surface area contributed by atoms with E-state index in [0.29, 0.717) is 0 Å². The van der Waals surface area contributed by atoms with Gasteiger partial charge in [0.2, 0.25) is 0 Å². The normalized spacial score (nSPS) is 11.1. The Morgan fingerprint density at radius 1 is 1.39 bits per heavy atom. The standard InChI is InChI=1S/C12H17BrN4S/c1-4-17-10(12(13)9(3)16-17)5-14-6-11-15-8(2)7-18-11/h7,14H,4-6H2,1-3H3. The fourth-order valence-corrected chi connectivity index (χ4v) is 2.98. The molecule has 4 nitrogen and oxygen atoms in total. The molecule has 2 heterocycles. The molecule has 2 aromatic heterocycles. The molecule has 18 heavy (non-hydrogen) atoms. The zero-order chi connectivity index (χ0) is 13.1. The largest absolute Gasteiger partial charge is 0.305 e. The van der Waals surface area contributed by atoms with E-state index in [1.165, 1.54) is 5.69 Å². The molecule has 6 heteroatoms. The lowest BCUT2D eigenvalue weighted by molar-refractivity contribution is 0.577. The van der Waals surface area contributed by atoms with Crippen LogP contribution in [0.1, 0.15) is 29.0 Å². The van der Waals surface area contributed by atoms with E-state index in [4.69, 9.17) is 0 Å². The van der Waals surface area contributed by atoms with Crippen molar-refractivity contribution in [2.24, 2.45) is 0 Å². The Balaban J connectivity index is 1.98. The highest BCUT2D eigenvalue weighted by molar-refractivity contribution is 9.10. The molecule has 0 aromatic carbocycles. The van der Waals surface area contributed by atoms with Gasteiger partial charge in [-0.25, -0.2) is 4.98 Å². The quantitative estimate of drug-likeness (QED) is 0.917. The van der Waals surface area contributed by atoms with Crippen LogP contribution in [0.5, 0.6) is 0 Å². The number of halogens is 1. The average molecular weight is 329 g/mol. The molecule has 1 N–H and O–H groups in total. The summed E-state index contributed by atoms with van der Waals surface area (Å²) in [6.45, 7) is 8.63. The van der Waals surface area contributed by atoms with Crippen LogP contribution >= 0.6 is 27.3 Å². The van der Waals surface area contributed by atoms with Crippen LogP contribution in [-0.4, -0.2) is 14.8 Å². The number of nitrogens with one attached hydrogen (secondary N) is 1. The molecule has 0 aliphatic rings. The van der Waals surface area contributed by atoms with Crippen molar-refractivity contribution in [2.75, 3.05) is 0 Å². The first-order valence-corrected chi connectivity index (χ1v) is 7.62. The van der Waals surface area contributed by atoms with Crippen molar-refractivity contribution >= 4 is 27.3 Å². The van der Waals surface area contributed by atoms with E-state index in [-0.39, 0.29) is 0 Å². The molecule has 0 amide bonds. The van der Waals surface area contributed by atoms with E-state index in [1.807, 2.05) is 18.5 Å². The Hall–Kier alpha value is -0.720. The van der Waals surface area contributed by atoms with Gasteiger partial charge in [0.15, 0.2) is 0 Å². The van der Waals surface area contributed by atoms with Crippen molar-refractivity contribution < 1.29 is 0 Å². The Labute approximate surface area is 120 Å². The van der Waals surface area contributed by atoms with E-state index in [0.717, 1.165) is 40.5 Å². The maximum atomic E-state index is 4.48. The third-order valence-corrected chi connectivity index (χ3v) is 4.69. The predicted molar refractivity (Wildman–Crippen MR) is 77.7 cm³/mol. The summed E-state index contributed by atoms with van der Waals surface area (Å²) in [7, 11) is 0. The molecule has 0 spiro atoms. The first-order chi connectivity index (χ1) is 8.61. The van der Waals surface area contributed by atoms with Crippen LogP contribution in [0.3, 0.4) is 0 Å². The van der Waals surface area contributed by atoms with Gasteiger partial charge in [0.05, 0.1) is 15.9 Å². The van der Waals surface area contributed by atoms with Gasteiger partial charge in [0.25, 0.3) is 0 Å². The average Bonchev–Trinajstić information content (AvgIpc) is 2.87. The minimum Gasteiger partial charge on any atom is -0.305 e. The van der Waals surface area contributed by atoms with Gasteiger partial charge >= 0.3 is 0 Å². The lowest BCUT2D eigenvalue weighted by Gasteiger charge is -2.06. The molecule has 0 unspecified atom stereocenters. The highest BCUT2D eigenvalue weighted by Crippen LogP contribution is 2.21. The molecule has 0 aliphatic heterocycles. The second kappa shape index (κ2) is 5.95. The maximum Gasteiger partial charge on any atom is 0.107 e. The molecule has 0 bridgehead atoms. The number of hydrogen-bond acceptors (Lipinski definition) is 4. The van der Waals surface area contributed by atoms with Crippen LogP contribution in [-0.2, 0) is 19.6 Å². The Kier molecular flexibility index (Phi) is 4.53. The van der Waals surface area contributed by atoms with Crippen LogP contribution < -0.4 is 5.32 Å². The highest BCUT2D eigenvalue weighted by Gasteiger charge is 2.11. The minimum atomic E-state index is 0.799. The number of rotatable bonds is 5. The van der Waals surface area contributed by atoms with Gasteiger partial charge in [-0.3, -0.25) is 4.68 Å². The molecule has 0 radical (unpaired) electrons. The van der Waals surface area contributed by atoms with Gasteiger partial charge in [0, 0.05) is 30.7 Å². The van der Waals surface area contributed by atoms with Crippen LogP contribution in [0.25, 0.3) is 0 Å². The van der Waals surface area contributed by atoms with E-state index in [2.05, 4.69) is 43.6 Å². The summed E-state index contributed by atoms with van der Waals surface area (Å²) in [5, 5.41) is 11.1. The summed E-state index contributed by atoms with van der Waals surface area (Å²) >= 11 is 5.29. The number of thiazole rings is 1. The van der Waals surface area contributed by atoms with Crippen molar-refractivity contribution in [1.29, 1.82) is 0 Å². The van der Waals surface area contributed by atoms with Crippen molar-refractivity contribution in [2.45, 2.75) is 40.4 Å². The summed E-state index contributed by atoms with van der Waals surface area (Å²) < 4.78 is 3.13. The van der Waals surface area contributed by atoms with Gasteiger partial charge in [-0.05, 0) is 36.7 Å². The Morgan fingerprint density at radius 3 is 2.78 bits per heavy atom. The fourth-order valence-electron chi connectivity index (χ4n) is 1.81. The SMILES string of the molecule is CCn1nc(C)c(Br)c1CNCc1nc(C)cs1. The lowest BCUT2D eigenvalue weighted by atomic mass is 10.3. The third kappa shape index (κ3) is 2.99. The monoisotopic (exact) mass is 328 g/mol. The van der Waals surface area contributed by atoms with Gasteiger partial charge in [0.1, 0.15) is 5.01 Å². The summed E-state index contributed by atoms with van der Waals surface area (Å²) in [5.74, 6) is 0. The van der Waals surface area contributed by atoms with Gasteiger partial charge < -0.3 is 5.32 Å². The van der Waals surface area contributed by atoms with Crippen LogP contribution in [0.2, 0.25) is 0 Å². The van der Waals surface area contributed by atoms with Crippen LogP contribution in [0.15, 0.2) is 9.85 Å². The highest BCUT2D eigenvalue weighted by atomic mass is 79.9. The van der Waals surface area contributed by atoms with Gasteiger partial charge in [-0.1, -0.05) is 0 Å².